The van der Waals surface area contributed by atoms with Crippen molar-refractivity contribution in [3.63, 3.8) is 0 Å². The highest BCUT2D eigenvalue weighted by atomic mass is 16.7. The zero-order valence-corrected chi connectivity index (χ0v) is 21.6. The zero-order chi connectivity index (χ0) is 25.3. The van der Waals surface area contributed by atoms with Gasteiger partial charge in [0.1, 0.15) is 11.6 Å². The Bertz CT molecular complexity index is 871. The second-order valence-corrected chi connectivity index (χ2v) is 11.1. The number of anilines is 1. The molecule has 2 aliphatic heterocycles. The predicted molar refractivity (Wildman–Crippen MR) is 130 cm³/mol. The maximum atomic E-state index is 12.4. The Labute approximate surface area is 202 Å². The summed E-state index contributed by atoms with van der Waals surface area (Å²) in [5.41, 5.74) is -0.652. The molecule has 0 aromatic carbocycles. The predicted octanol–water partition coefficient (Wildman–Crippen LogP) is 1.63. The van der Waals surface area contributed by atoms with Crippen LogP contribution in [0.1, 0.15) is 61.8 Å². The number of hydrogen-bond acceptors (Lipinski definition) is 8. The maximum absolute atomic E-state index is 12.4. The van der Waals surface area contributed by atoms with Crippen molar-refractivity contribution in [1.29, 1.82) is 0 Å². The van der Waals surface area contributed by atoms with Crippen LogP contribution in [-0.2, 0) is 18.8 Å². The van der Waals surface area contributed by atoms with Gasteiger partial charge in [0.05, 0.1) is 11.2 Å². The van der Waals surface area contributed by atoms with Crippen LogP contribution in [0.15, 0.2) is 12.4 Å². The lowest BCUT2D eigenvalue weighted by Gasteiger charge is -2.32. The Kier molecular flexibility index (Phi) is 7.47. The normalized spacial score (nSPS) is 22.4. The third kappa shape index (κ3) is 6.38. The number of carbonyl (C=O) groups excluding carboxylic acids is 2. The first-order valence-electron chi connectivity index (χ1n) is 11.9. The molecule has 10 nitrogen and oxygen atoms in total. The van der Waals surface area contributed by atoms with Gasteiger partial charge >= 0.3 is 13.2 Å². The topological polar surface area (TPSA) is 115 Å². The quantitative estimate of drug-likeness (QED) is 0.597. The van der Waals surface area contributed by atoms with Crippen LogP contribution in [-0.4, -0.2) is 71.6 Å². The maximum Gasteiger partial charge on any atom is 0.498 e. The average Bonchev–Trinajstić information content (AvgIpc) is 3.26. The molecule has 0 aliphatic carbocycles. The number of aromatic nitrogens is 2. The van der Waals surface area contributed by atoms with E-state index < -0.39 is 36.1 Å². The van der Waals surface area contributed by atoms with Crippen molar-refractivity contribution in [3.05, 3.63) is 12.4 Å². The van der Waals surface area contributed by atoms with Crippen LogP contribution in [0, 0.1) is 5.92 Å². The molecule has 2 fully saturated rings. The highest BCUT2D eigenvalue weighted by Crippen LogP contribution is 2.36. The van der Waals surface area contributed by atoms with Gasteiger partial charge in [-0.2, -0.15) is 0 Å². The summed E-state index contributed by atoms with van der Waals surface area (Å²) in [6.45, 7) is 17.1. The van der Waals surface area contributed by atoms with Gasteiger partial charge in [0.25, 0.3) is 0 Å². The van der Waals surface area contributed by atoms with Gasteiger partial charge in [0.15, 0.2) is 0 Å². The molecule has 3 rings (SSSR count). The van der Waals surface area contributed by atoms with Crippen molar-refractivity contribution < 1.29 is 23.6 Å². The fraction of sp³-hybridized carbons (Fsp3) is 0.739. The molecule has 1 aromatic rings. The lowest BCUT2D eigenvalue weighted by molar-refractivity contribution is -0.122. The van der Waals surface area contributed by atoms with Crippen LogP contribution in [0.2, 0.25) is 0 Å². The summed E-state index contributed by atoms with van der Waals surface area (Å²) in [5.74, 6) is 0.672. The summed E-state index contributed by atoms with van der Waals surface area (Å²) >= 11 is 0. The highest BCUT2D eigenvalue weighted by Gasteiger charge is 2.52. The van der Waals surface area contributed by atoms with Crippen LogP contribution in [0.4, 0.5) is 10.7 Å². The van der Waals surface area contributed by atoms with Crippen LogP contribution in [0.3, 0.4) is 0 Å². The van der Waals surface area contributed by atoms with Crippen molar-refractivity contribution in [1.82, 2.24) is 20.6 Å². The van der Waals surface area contributed by atoms with Crippen molar-refractivity contribution in [3.8, 4) is 0 Å². The Morgan fingerprint density at radius 3 is 2.35 bits per heavy atom. The summed E-state index contributed by atoms with van der Waals surface area (Å²) in [7, 11) is -0.489. The van der Waals surface area contributed by atoms with E-state index >= 15 is 0 Å². The van der Waals surface area contributed by atoms with E-state index in [1.54, 1.807) is 40.1 Å². The van der Waals surface area contributed by atoms with E-state index in [4.69, 9.17) is 14.0 Å². The molecule has 34 heavy (non-hydrogen) atoms. The van der Waals surface area contributed by atoms with E-state index in [-0.39, 0.29) is 11.8 Å². The molecule has 2 unspecified atom stereocenters. The van der Waals surface area contributed by atoms with E-state index in [1.807, 2.05) is 27.7 Å². The smallest absolute Gasteiger partial charge is 0.444 e. The molecule has 0 spiro atoms. The van der Waals surface area contributed by atoms with Gasteiger partial charge in [-0.25, -0.2) is 14.8 Å². The Morgan fingerprint density at radius 2 is 1.79 bits per heavy atom. The lowest BCUT2D eigenvalue weighted by Crippen LogP contribution is -2.47. The molecule has 188 valence electrons. The van der Waals surface area contributed by atoms with Crippen LogP contribution in [0.25, 0.3) is 0 Å². The monoisotopic (exact) mass is 475 g/mol. The number of hydrogen-bond donors (Lipinski definition) is 2. The molecule has 3 heterocycles. The molecule has 1 aromatic heterocycles. The molecule has 2 N–H and O–H groups in total. The van der Waals surface area contributed by atoms with Gasteiger partial charge < -0.3 is 29.6 Å². The fourth-order valence-electron chi connectivity index (χ4n) is 3.72. The van der Waals surface area contributed by atoms with Gasteiger partial charge in [-0.1, -0.05) is 0 Å². The van der Waals surface area contributed by atoms with Crippen molar-refractivity contribution in [2.45, 2.75) is 84.7 Å². The first kappa shape index (κ1) is 26.2. The first-order chi connectivity index (χ1) is 15.7. The van der Waals surface area contributed by atoms with E-state index in [9.17, 15) is 9.59 Å². The number of rotatable bonds is 6. The molecule has 0 saturated carbocycles. The molecule has 0 bridgehead atoms. The van der Waals surface area contributed by atoms with Gasteiger partial charge in [0, 0.05) is 37.5 Å². The SMILES string of the molecule is CC(NC(=O)OC(C)(C)C)C(=O)NCC1CCN(c2ncc(B3OC(C)(C)C(C)(C)O3)cn2)C1. The average molecular weight is 475 g/mol. The van der Waals surface area contributed by atoms with Crippen molar-refractivity contribution in [2.24, 2.45) is 5.92 Å². The number of ether oxygens (including phenoxy) is 1. The number of nitrogens with zero attached hydrogens (tertiary/aromatic N) is 3. The fourth-order valence-corrected chi connectivity index (χ4v) is 3.72. The minimum atomic E-state index is -0.682. The summed E-state index contributed by atoms with van der Waals surface area (Å²) in [4.78, 5) is 35.4. The summed E-state index contributed by atoms with van der Waals surface area (Å²) in [6, 6.07) is -0.682. The standard InChI is InChI=1S/C23H38BN5O5/c1-15(28-20(31)32-21(2,3)4)18(30)25-11-16-9-10-29(14-16)19-26-12-17(13-27-19)24-33-22(5,6)23(7,8)34-24/h12-13,15-16H,9-11,14H2,1-8H3,(H,25,30)(H,28,31). The minimum absolute atomic E-state index is 0.243. The Morgan fingerprint density at radius 1 is 1.21 bits per heavy atom. The lowest BCUT2D eigenvalue weighted by atomic mass is 9.81. The highest BCUT2D eigenvalue weighted by molar-refractivity contribution is 6.61. The molecule has 11 heteroatoms. The molecule has 2 aliphatic rings. The Hall–Kier alpha value is -2.40. The number of amides is 2. The largest absolute Gasteiger partial charge is 0.498 e. The van der Waals surface area contributed by atoms with Crippen molar-refractivity contribution in [2.75, 3.05) is 24.5 Å². The molecule has 0 radical (unpaired) electrons. The summed E-state index contributed by atoms with van der Waals surface area (Å²) in [6.07, 6.45) is 3.81. The Balaban J connectivity index is 1.46. The second-order valence-electron chi connectivity index (χ2n) is 11.1. The van der Waals surface area contributed by atoms with E-state index in [2.05, 4.69) is 25.5 Å². The van der Waals surface area contributed by atoms with Gasteiger partial charge in [0.2, 0.25) is 11.9 Å². The first-order valence-corrected chi connectivity index (χ1v) is 11.9. The minimum Gasteiger partial charge on any atom is -0.444 e. The summed E-state index contributed by atoms with van der Waals surface area (Å²) < 4.78 is 17.3. The molecular weight excluding hydrogens is 437 g/mol. The third-order valence-electron chi connectivity index (χ3n) is 6.44. The van der Waals surface area contributed by atoms with E-state index in [0.717, 1.165) is 25.0 Å². The molecule has 2 amide bonds. The van der Waals surface area contributed by atoms with Crippen molar-refractivity contribution >= 4 is 30.5 Å². The molecular formula is C23H38BN5O5. The van der Waals surface area contributed by atoms with Gasteiger partial charge in [-0.3, -0.25) is 4.79 Å². The van der Waals surface area contributed by atoms with E-state index in [0.29, 0.717) is 12.5 Å². The number of nitrogens with one attached hydrogen (secondary N) is 2. The third-order valence-corrected chi connectivity index (χ3v) is 6.44. The van der Waals surface area contributed by atoms with Gasteiger partial charge in [-0.15, -0.1) is 0 Å². The molecule has 2 saturated heterocycles. The summed E-state index contributed by atoms with van der Waals surface area (Å²) in [5, 5.41) is 5.48. The number of carbonyl (C=O) groups is 2. The van der Waals surface area contributed by atoms with E-state index in [1.165, 1.54) is 0 Å². The molecule has 2 atom stereocenters. The zero-order valence-electron chi connectivity index (χ0n) is 21.6. The van der Waals surface area contributed by atoms with Crippen LogP contribution in [0.5, 0.6) is 0 Å². The number of alkyl carbamates (subject to hydrolysis) is 1. The van der Waals surface area contributed by atoms with Crippen LogP contribution < -0.4 is 21.0 Å². The van der Waals surface area contributed by atoms with Crippen LogP contribution >= 0.6 is 0 Å². The second kappa shape index (κ2) is 9.69. The van der Waals surface area contributed by atoms with Gasteiger partial charge in [-0.05, 0) is 67.7 Å².